The maximum atomic E-state index is 13.3. The van der Waals surface area contributed by atoms with Crippen LogP contribution in [0, 0.1) is 0 Å². The number of carbonyl (C=O) groups excluding carboxylic acids is 1. The number of imidazole rings is 1. The molecule has 10 nitrogen and oxygen atoms in total. The van der Waals surface area contributed by atoms with Crippen molar-refractivity contribution in [2.75, 3.05) is 31.6 Å². The molecule has 1 saturated heterocycles. The van der Waals surface area contributed by atoms with Gasteiger partial charge in [-0.05, 0) is 54.8 Å². The van der Waals surface area contributed by atoms with Crippen LogP contribution in [0.25, 0.3) is 11.0 Å². The summed E-state index contributed by atoms with van der Waals surface area (Å²) in [7, 11) is 1.65. The number of hydrogen-bond donors (Lipinski definition) is 1. The van der Waals surface area contributed by atoms with Gasteiger partial charge in [-0.2, -0.15) is 4.37 Å². The van der Waals surface area contributed by atoms with Gasteiger partial charge in [0.1, 0.15) is 17.3 Å². The minimum absolute atomic E-state index is 0.0718. The van der Waals surface area contributed by atoms with Crippen LogP contribution >= 0.6 is 11.5 Å². The highest BCUT2D eigenvalue weighted by molar-refractivity contribution is 7.09. The van der Waals surface area contributed by atoms with Gasteiger partial charge in [0.25, 0.3) is 0 Å². The van der Waals surface area contributed by atoms with Gasteiger partial charge in [0.15, 0.2) is 0 Å². The minimum Gasteiger partial charge on any atom is -0.497 e. The molecular formula is C30H32N6O4S. The summed E-state index contributed by atoms with van der Waals surface area (Å²) in [6.07, 6.45) is 4.08. The molecule has 0 atom stereocenters. The number of nitrogens with zero attached hydrogens (tertiary/aromatic N) is 5. The SMILES string of the molecule is COc1cccc(Cc2nsc(N(CCC(=O)N3CCC(n4c(=O)[nH]c5ccccc54)CC3)Cc3ccco3)n2)c1. The molecule has 0 spiro atoms. The Labute approximate surface area is 241 Å². The minimum atomic E-state index is -0.0904. The second-order valence-corrected chi connectivity index (χ2v) is 10.9. The van der Waals surface area contributed by atoms with Crippen molar-refractivity contribution in [3.05, 3.63) is 94.6 Å². The van der Waals surface area contributed by atoms with E-state index < -0.39 is 0 Å². The molecule has 1 fully saturated rings. The Hall–Kier alpha value is -4.38. The second kappa shape index (κ2) is 12.0. The third kappa shape index (κ3) is 6.04. The number of methoxy groups -OCH3 is 1. The largest absolute Gasteiger partial charge is 0.497 e. The van der Waals surface area contributed by atoms with Crippen molar-refractivity contribution in [3.8, 4) is 5.75 Å². The molecule has 0 radical (unpaired) electrons. The maximum Gasteiger partial charge on any atom is 0.326 e. The lowest BCUT2D eigenvalue weighted by Gasteiger charge is -2.33. The van der Waals surface area contributed by atoms with Gasteiger partial charge in [0.05, 0.1) is 31.0 Å². The van der Waals surface area contributed by atoms with E-state index in [1.807, 2.05) is 70.1 Å². The number of benzene rings is 2. The zero-order valence-corrected chi connectivity index (χ0v) is 23.7. The molecule has 212 valence electrons. The van der Waals surface area contributed by atoms with Crippen LogP contribution in [0.15, 0.2) is 76.1 Å². The lowest BCUT2D eigenvalue weighted by atomic mass is 10.0. The van der Waals surface area contributed by atoms with Crippen LogP contribution in [0.1, 0.15) is 42.5 Å². The van der Waals surface area contributed by atoms with Gasteiger partial charge < -0.3 is 23.9 Å². The zero-order valence-electron chi connectivity index (χ0n) is 22.9. The number of ether oxygens (including phenoxy) is 1. The third-order valence-corrected chi connectivity index (χ3v) is 8.37. The number of anilines is 1. The number of furan rings is 1. The highest BCUT2D eigenvalue weighted by atomic mass is 32.1. The lowest BCUT2D eigenvalue weighted by Crippen LogP contribution is -2.41. The Balaban J connectivity index is 1.09. The van der Waals surface area contributed by atoms with E-state index >= 15 is 0 Å². The summed E-state index contributed by atoms with van der Waals surface area (Å²) < 4.78 is 17.4. The zero-order chi connectivity index (χ0) is 28.2. The molecule has 6 rings (SSSR count). The quantitative estimate of drug-likeness (QED) is 0.260. The van der Waals surface area contributed by atoms with Crippen molar-refractivity contribution in [3.63, 3.8) is 0 Å². The first-order valence-corrected chi connectivity index (χ1v) is 14.5. The molecule has 5 aromatic rings. The van der Waals surface area contributed by atoms with Gasteiger partial charge in [-0.15, -0.1) is 0 Å². The van der Waals surface area contributed by atoms with Crippen LogP contribution in [0.2, 0.25) is 0 Å². The van der Waals surface area contributed by atoms with Gasteiger partial charge in [0, 0.05) is 50.1 Å². The standard InChI is InChI=1S/C30H32N6O4S/c1-39-23-7-4-6-21(18-23)19-27-32-30(41-33-27)35(20-24-8-5-17-40-24)16-13-28(37)34-14-11-22(12-15-34)36-26-10-3-2-9-25(26)31-29(36)38/h2-10,17-18,22H,11-16,19-20H2,1H3,(H,31,38). The molecule has 1 N–H and O–H groups in total. The van der Waals surface area contributed by atoms with Crippen LogP contribution in [0.5, 0.6) is 5.75 Å². The Bertz CT molecular complexity index is 1670. The number of nitrogens with one attached hydrogen (secondary N) is 1. The molecule has 1 aliphatic rings. The predicted octanol–water partition coefficient (Wildman–Crippen LogP) is 4.63. The summed E-state index contributed by atoms with van der Waals surface area (Å²) in [5, 5.41) is 0.754. The first-order chi connectivity index (χ1) is 20.1. The summed E-state index contributed by atoms with van der Waals surface area (Å²) in [6.45, 7) is 2.24. The highest BCUT2D eigenvalue weighted by Crippen LogP contribution is 2.26. The number of aromatic nitrogens is 4. The van der Waals surface area contributed by atoms with E-state index in [-0.39, 0.29) is 17.6 Å². The Morgan fingerprint density at radius 2 is 2.00 bits per heavy atom. The summed E-state index contributed by atoms with van der Waals surface area (Å²) in [5.41, 5.74) is 2.74. The molecule has 1 amide bonds. The normalized spacial score (nSPS) is 14.0. The van der Waals surface area contributed by atoms with Crippen molar-refractivity contribution >= 4 is 33.6 Å². The molecule has 0 saturated carbocycles. The fourth-order valence-electron chi connectivity index (χ4n) is 5.44. The monoisotopic (exact) mass is 572 g/mol. The average molecular weight is 573 g/mol. The molecule has 0 aliphatic carbocycles. The molecule has 1 aliphatic heterocycles. The molecule has 3 aromatic heterocycles. The van der Waals surface area contributed by atoms with Crippen LogP contribution in [0.3, 0.4) is 0 Å². The molecule has 11 heteroatoms. The average Bonchev–Trinajstić information content (AvgIpc) is 3.75. The van der Waals surface area contributed by atoms with Crippen LogP contribution in [-0.2, 0) is 17.8 Å². The van der Waals surface area contributed by atoms with Crippen LogP contribution < -0.4 is 15.3 Å². The number of piperidine rings is 1. The third-order valence-electron chi connectivity index (χ3n) is 7.55. The summed E-state index contributed by atoms with van der Waals surface area (Å²) in [5.74, 6) is 2.42. The second-order valence-electron chi connectivity index (χ2n) is 10.2. The van der Waals surface area contributed by atoms with Gasteiger partial charge in [-0.1, -0.05) is 24.3 Å². The fraction of sp³-hybridized carbons (Fsp3) is 0.333. The summed E-state index contributed by atoms with van der Waals surface area (Å²) in [4.78, 5) is 37.6. The number of aromatic amines is 1. The number of H-pyrrole nitrogens is 1. The van der Waals surface area contributed by atoms with Crippen molar-refractivity contribution < 1.29 is 13.9 Å². The van der Waals surface area contributed by atoms with Crippen LogP contribution in [0.4, 0.5) is 5.13 Å². The van der Waals surface area contributed by atoms with Crippen molar-refractivity contribution in [1.29, 1.82) is 0 Å². The number of hydrogen-bond acceptors (Lipinski definition) is 8. The van der Waals surface area contributed by atoms with E-state index in [1.54, 1.807) is 13.4 Å². The molecule has 4 heterocycles. The topological polar surface area (TPSA) is 109 Å². The number of para-hydroxylation sites is 2. The molecule has 41 heavy (non-hydrogen) atoms. The lowest BCUT2D eigenvalue weighted by molar-refractivity contribution is -0.132. The van der Waals surface area contributed by atoms with Gasteiger partial charge >= 0.3 is 5.69 Å². The van der Waals surface area contributed by atoms with Gasteiger partial charge in [0.2, 0.25) is 11.0 Å². The van der Waals surface area contributed by atoms with Crippen molar-refractivity contribution in [2.24, 2.45) is 0 Å². The molecule has 0 bridgehead atoms. The number of likely N-dealkylation sites (tertiary alicyclic amines) is 1. The van der Waals surface area contributed by atoms with E-state index in [0.717, 1.165) is 51.9 Å². The Morgan fingerprint density at radius 1 is 1.15 bits per heavy atom. The van der Waals surface area contributed by atoms with E-state index in [1.165, 1.54) is 11.5 Å². The first-order valence-electron chi connectivity index (χ1n) is 13.8. The number of carbonyl (C=O) groups is 1. The van der Waals surface area contributed by atoms with E-state index in [9.17, 15) is 9.59 Å². The van der Waals surface area contributed by atoms with E-state index in [0.29, 0.717) is 39.0 Å². The maximum absolute atomic E-state index is 13.3. The molecule has 0 unspecified atom stereocenters. The van der Waals surface area contributed by atoms with Crippen molar-refractivity contribution in [2.45, 2.75) is 38.3 Å². The highest BCUT2D eigenvalue weighted by Gasteiger charge is 2.26. The summed E-state index contributed by atoms with van der Waals surface area (Å²) in [6, 6.07) is 19.5. The Morgan fingerprint density at radius 3 is 2.80 bits per heavy atom. The predicted molar refractivity (Wildman–Crippen MR) is 157 cm³/mol. The Kier molecular flexibility index (Phi) is 7.86. The molecule has 2 aromatic carbocycles. The fourth-order valence-corrected chi connectivity index (χ4v) is 6.15. The number of fused-ring (bicyclic) bond motifs is 1. The van der Waals surface area contributed by atoms with E-state index in [2.05, 4.69) is 14.3 Å². The van der Waals surface area contributed by atoms with Gasteiger partial charge in [-0.3, -0.25) is 9.36 Å². The number of amides is 1. The van der Waals surface area contributed by atoms with Crippen LogP contribution in [-0.4, -0.2) is 56.5 Å². The summed E-state index contributed by atoms with van der Waals surface area (Å²) >= 11 is 1.33. The van der Waals surface area contributed by atoms with E-state index in [4.69, 9.17) is 14.1 Å². The smallest absolute Gasteiger partial charge is 0.326 e. The van der Waals surface area contributed by atoms with Gasteiger partial charge in [-0.25, -0.2) is 9.78 Å². The molecular weight excluding hydrogens is 540 g/mol. The van der Waals surface area contributed by atoms with Crippen molar-refractivity contribution in [1.82, 2.24) is 23.8 Å². The first kappa shape index (κ1) is 26.8. The number of rotatable bonds is 10.